The minimum absolute atomic E-state index is 0.000710. The highest BCUT2D eigenvalue weighted by molar-refractivity contribution is 9.08. The number of carbonyl (C=O) groups is 1. The molecular weight excluding hydrogens is 335 g/mol. The van der Waals surface area contributed by atoms with Gasteiger partial charge in [0.25, 0.3) is 5.56 Å². The number of ether oxygens (including phenoxy) is 2. The average Bonchev–Trinajstić information content (AvgIpc) is 2.25. The second kappa shape index (κ2) is 6.09. The van der Waals surface area contributed by atoms with Crippen LogP contribution in [0.5, 0.6) is 5.88 Å². The predicted octanol–water partition coefficient (Wildman–Crippen LogP) is 2.35. The molecule has 0 amide bonds. The van der Waals surface area contributed by atoms with E-state index in [1.54, 1.807) is 6.92 Å². The van der Waals surface area contributed by atoms with Gasteiger partial charge in [0.15, 0.2) is 0 Å². The third-order valence-electron chi connectivity index (χ3n) is 1.94. The summed E-state index contributed by atoms with van der Waals surface area (Å²) >= 11 is 2.98. The van der Waals surface area contributed by atoms with Gasteiger partial charge in [-0.25, -0.2) is 4.79 Å². The summed E-state index contributed by atoms with van der Waals surface area (Å²) in [4.78, 5) is 24.9. The fraction of sp³-hybridized carbons (Fsp3) is 0.400. The topological polar surface area (TPSA) is 68.4 Å². The molecule has 0 aliphatic carbocycles. The van der Waals surface area contributed by atoms with E-state index in [1.807, 2.05) is 4.98 Å². The summed E-state index contributed by atoms with van der Waals surface area (Å²) < 4.78 is 44.4. The standard InChI is InChI=1S/C10H9BrF3NO4/c1-2-18-9(17)7-5(4-11)3-6(15-8(7)16)19-10(12,13)14/h3H,2,4H2,1H3,(H,15,16). The summed E-state index contributed by atoms with van der Waals surface area (Å²) in [6.45, 7) is 1.59. The van der Waals surface area contributed by atoms with Gasteiger partial charge in [0.05, 0.1) is 6.61 Å². The van der Waals surface area contributed by atoms with Gasteiger partial charge in [0, 0.05) is 11.4 Å². The Hall–Kier alpha value is -1.51. The van der Waals surface area contributed by atoms with Crippen LogP contribution in [0.4, 0.5) is 13.2 Å². The van der Waals surface area contributed by atoms with E-state index in [9.17, 15) is 22.8 Å². The minimum atomic E-state index is -4.93. The molecule has 19 heavy (non-hydrogen) atoms. The molecule has 0 aromatic carbocycles. The van der Waals surface area contributed by atoms with E-state index in [0.717, 1.165) is 6.07 Å². The third kappa shape index (κ3) is 4.27. The van der Waals surface area contributed by atoms with Crippen LogP contribution < -0.4 is 10.3 Å². The molecule has 1 aromatic heterocycles. The van der Waals surface area contributed by atoms with Crippen LogP contribution in [0.1, 0.15) is 22.8 Å². The van der Waals surface area contributed by atoms with Crippen molar-refractivity contribution in [1.82, 2.24) is 4.98 Å². The number of hydrogen-bond donors (Lipinski definition) is 1. The molecule has 0 fully saturated rings. The van der Waals surface area contributed by atoms with E-state index in [-0.39, 0.29) is 23.1 Å². The van der Waals surface area contributed by atoms with E-state index in [1.165, 1.54) is 0 Å². The van der Waals surface area contributed by atoms with Crippen LogP contribution in [0.15, 0.2) is 10.9 Å². The first-order chi connectivity index (χ1) is 8.78. The maximum atomic E-state index is 12.0. The van der Waals surface area contributed by atoms with Gasteiger partial charge in [0.2, 0.25) is 5.88 Å². The van der Waals surface area contributed by atoms with Gasteiger partial charge in [-0.15, -0.1) is 13.2 Å². The molecule has 9 heteroatoms. The molecule has 106 valence electrons. The van der Waals surface area contributed by atoms with E-state index in [4.69, 9.17) is 0 Å². The number of H-pyrrole nitrogens is 1. The van der Waals surface area contributed by atoms with Gasteiger partial charge in [-0.05, 0) is 12.5 Å². The van der Waals surface area contributed by atoms with Crippen LogP contribution >= 0.6 is 15.9 Å². The van der Waals surface area contributed by atoms with Crippen LogP contribution in [0.25, 0.3) is 0 Å². The summed E-state index contributed by atoms with van der Waals surface area (Å²) in [5.41, 5.74) is -1.32. The maximum Gasteiger partial charge on any atom is 0.574 e. The Morgan fingerprint density at radius 2 is 2.11 bits per heavy atom. The number of aromatic amines is 1. The lowest BCUT2D eigenvalue weighted by atomic mass is 10.1. The van der Waals surface area contributed by atoms with Crippen molar-refractivity contribution in [3.63, 3.8) is 0 Å². The van der Waals surface area contributed by atoms with Gasteiger partial charge in [0.1, 0.15) is 5.56 Å². The molecule has 0 aliphatic rings. The summed E-state index contributed by atoms with van der Waals surface area (Å²) in [6, 6.07) is 0.913. The number of pyridine rings is 1. The van der Waals surface area contributed by atoms with Crippen LogP contribution in [-0.2, 0) is 10.1 Å². The average molecular weight is 344 g/mol. The largest absolute Gasteiger partial charge is 0.574 e. The van der Waals surface area contributed by atoms with E-state index in [0.29, 0.717) is 0 Å². The maximum absolute atomic E-state index is 12.0. The molecule has 0 aliphatic heterocycles. The van der Waals surface area contributed by atoms with Crippen molar-refractivity contribution in [3.05, 3.63) is 27.5 Å². The van der Waals surface area contributed by atoms with E-state index < -0.39 is 23.8 Å². The van der Waals surface area contributed by atoms with Crippen molar-refractivity contribution in [2.45, 2.75) is 18.6 Å². The second-order valence-corrected chi connectivity index (χ2v) is 3.83. The van der Waals surface area contributed by atoms with Crippen LogP contribution in [0.2, 0.25) is 0 Å². The number of carbonyl (C=O) groups excluding carboxylic acids is 1. The zero-order chi connectivity index (χ0) is 14.6. The zero-order valence-electron chi connectivity index (χ0n) is 9.64. The Morgan fingerprint density at radius 1 is 1.47 bits per heavy atom. The van der Waals surface area contributed by atoms with Crippen molar-refractivity contribution in [2.75, 3.05) is 6.61 Å². The first kappa shape index (κ1) is 15.5. The molecule has 0 radical (unpaired) electrons. The second-order valence-electron chi connectivity index (χ2n) is 3.26. The van der Waals surface area contributed by atoms with Crippen molar-refractivity contribution in [2.24, 2.45) is 0 Å². The van der Waals surface area contributed by atoms with Gasteiger partial charge < -0.3 is 9.47 Å². The number of hydrogen-bond acceptors (Lipinski definition) is 4. The van der Waals surface area contributed by atoms with E-state index >= 15 is 0 Å². The van der Waals surface area contributed by atoms with Gasteiger partial charge in [-0.2, -0.15) is 0 Å². The highest BCUT2D eigenvalue weighted by Gasteiger charge is 2.32. The highest BCUT2D eigenvalue weighted by Crippen LogP contribution is 2.22. The van der Waals surface area contributed by atoms with Crippen LogP contribution in [0, 0.1) is 0 Å². The molecule has 0 bridgehead atoms. The number of esters is 1. The lowest BCUT2D eigenvalue weighted by molar-refractivity contribution is -0.276. The molecule has 1 rings (SSSR count). The molecule has 0 atom stereocenters. The molecule has 1 aromatic rings. The Kier molecular flexibility index (Phi) is 4.98. The molecule has 0 saturated heterocycles. The van der Waals surface area contributed by atoms with Crippen LogP contribution in [-0.4, -0.2) is 23.9 Å². The molecule has 5 nitrogen and oxygen atoms in total. The number of alkyl halides is 4. The summed E-state index contributed by atoms with van der Waals surface area (Å²) in [6.07, 6.45) is -4.93. The Labute approximate surface area is 113 Å². The summed E-state index contributed by atoms with van der Waals surface area (Å²) in [7, 11) is 0. The zero-order valence-corrected chi connectivity index (χ0v) is 11.2. The van der Waals surface area contributed by atoms with Crippen molar-refractivity contribution < 1.29 is 27.4 Å². The molecule has 0 spiro atoms. The SMILES string of the molecule is CCOC(=O)c1c(CBr)cc(OC(F)(F)F)[nH]c1=O. The van der Waals surface area contributed by atoms with E-state index in [2.05, 4.69) is 25.4 Å². The van der Waals surface area contributed by atoms with Crippen LogP contribution in [0.3, 0.4) is 0 Å². The Bertz CT molecular complexity index is 526. The molecule has 0 unspecified atom stereocenters. The molecule has 1 N–H and O–H groups in total. The normalized spacial score (nSPS) is 11.2. The number of aromatic nitrogens is 1. The lowest BCUT2D eigenvalue weighted by Gasteiger charge is -2.11. The third-order valence-corrected chi connectivity index (χ3v) is 2.54. The molecular formula is C10H9BrF3NO4. The van der Waals surface area contributed by atoms with Crippen molar-refractivity contribution in [3.8, 4) is 5.88 Å². The fourth-order valence-corrected chi connectivity index (χ4v) is 1.74. The predicted molar refractivity (Wildman–Crippen MR) is 62.3 cm³/mol. The van der Waals surface area contributed by atoms with Crippen molar-refractivity contribution >= 4 is 21.9 Å². The quantitative estimate of drug-likeness (QED) is 0.673. The fourth-order valence-electron chi connectivity index (χ4n) is 1.30. The molecule has 1 heterocycles. The first-order valence-electron chi connectivity index (χ1n) is 5.03. The lowest BCUT2D eigenvalue weighted by Crippen LogP contribution is -2.25. The monoisotopic (exact) mass is 343 g/mol. The minimum Gasteiger partial charge on any atom is -0.462 e. The van der Waals surface area contributed by atoms with Gasteiger partial charge in [-0.1, -0.05) is 15.9 Å². The first-order valence-corrected chi connectivity index (χ1v) is 6.15. The van der Waals surface area contributed by atoms with Gasteiger partial charge in [-0.3, -0.25) is 9.78 Å². The number of rotatable bonds is 4. The molecule has 0 saturated carbocycles. The van der Waals surface area contributed by atoms with Gasteiger partial charge >= 0.3 is 12.3 Å². The highest BCUT2D eigenvalue weighted by atomic mass is 79.9. The summed E-state index contributed by atoms with van der Waals surface area (Å²) in [5, 5.41) is -0.000710. The summed E-state index contributed by atoms with van der Waals surface area (Å²) in [5.74, 6) is -1.70. The smallest absolute Gasteiger partial charge is 0.462 e. The number of nitrogens with one attached hydrogen (secondary N) is 1. The number of halogens is 4. The Morgan fingerprint density at radius 3 is 2.58 bits per heavy atom. The van der Waals surface area contributed by atoms with Crippen molar-refractivity contribution in [1.29, 1.82) is 0 Å². The Balaban J connectivity index is 3.23.